The first-order valence-electron chi connectivity index (χ1n) is 11.9. The van der Waals surface area contributed by atoms with Crippen LogP contribution < -0.4 is 10.1 Å². The summed E-state index contributed by atoms with van der Waals surface area (Å²) in [4.78, 5) is 35.7. The number of carboxylic acids is 1. The molecule has 1 aliphatic heterocycles. The standard InChI is InChI=1S/C27H28N4O4S/c1-15(2)25(32)29-17-6-9-19-20(13-28-22(19)12-17)24(27(33)34)31-11-10-21-23(14-31)36-26(30-21)16-4-7-18(35-3)8-5-16/h4-9,12-13,15,24,28H,10-11,14H2,1-3H3,(H,29,32)(H,33,34)/t24-/m1/s1. The van der Waals surface area contributed by atoms with Crippen molar-refractivity contribution in [2.45, 2.75) is 32.9 Å². The van der Waals surface area contributed by atoms with Crippen LogP contribution in [-0.4, -0.2) is 45.5 Å². The van der Waals surface area contributed by atoms with E-state index in [0.717, 1.165) is 37.8 Å². The minimum Gasteiger partial charge on any atom is -0.497 e. The Bertz CT molecular complexity index is 1420. The molecule has 0 bridgehead atoms. The number of ether oxygens (including phenoxy) is 1. The van der Waals surface area contributed by atoms with Crippen LogP contribution in [-0.2, 0) is 22.6 Å². The summed E-state index contributed by atoms with van der Waals surface area (Å²) in [5, 5.41) is 14.9. The van der Waals surface area contributed by atoms with Crippen LogP contribution in [0.2, 0.25) is 0 Å². The maximum atomic E-state index is 12.5. The Morgan fingerprint density at radius 3 is 2.67 bits per heavy atom. The van der Waals surface area contributed by atoms with E-state index in [4.69, 9.17) is 9.72 Å². The van der Waals surface area contributed by atoms with Crippen molar-refractivity contribution in [3.8, 4) is 16.3 Å². The quantitative estimate of drug-likeness (QED) is 0.324. The fourth-order valence-electron chi connectivity index (χ4n) is 4.52. The van der Waals surface area contributed by atoms with Crippen molar-refractivity contribution < 1.29 is 19.4 Å². The number of H-pyrrole nitrogens is 1. The zero-order valence-electron chi connectivity index (χ0n) is 20.4. The summed E-state index contributed by atoms with van der Waals surface area (Å²) in [6.07, 6.45) is 2.46. The first kappa shape index (κ1) is 24.0. The van der Waals surface area contributed by atoms with E-state index in [1.165, 1.54) is 0 Å². The molecule has 9 heteroatoms. The molecule has 0 radical (unpaired) electrons. The number of anilines is 1. The van der Waals surface area contributed by atoms with Gasteiger partial charge in [-0.25, -0.2) is 4.98 Å². The predicted molar refractivity (Wildman–Crippen MR) is 140 cm³/mol. The van der Waals surface area contributed by atoms with E-state index < -0.39 is 12.0 Å². The molecule has 36 heavy (non-hydrogen) atoms. The third-order valence-corrected chi connectivity index (χ3v) is 7.63. The van der Waals surface area contributed by atoms with Gasteiger partial charge >= 0.3 is 5.97 Å². The zero-order chi connectivity index (χ0) is 25.4. The molecule has 186 valence electrons. The van der Waals surface area contributed by atoms with Crippen molar-refractivity contribution in [1.82, 2.24) is 14.9 Å². The largest absolute Gasteiger partial charge is 0.497 e. The highest BCUT2D eigenvalue weighted by atomic mass is 32.1. The lowest BCUT2D eigenvalue weighted by atomic mass is 10.0. The van der Waals surface area contributed by atoms with E-state index in [-0.39, 0.29) is 11.8 Å². The molecule has 2 aromatic carbocycles. The van der Waals surface area contributed by atoms with Gasteiger partial charge < -0.3 is 20.1 Å². The first-order valence-corrected chi connectivity index (χ1v) is 12.7. The fraction of sp³-hybridized carbons (Fsp3) is 0.296. The van der Waals surface area contributed by atoms with Gasteiger partial charge in [0.1, 0.15) is 16.8 Å². The summed E-state index contributed by atoms with van der Waals surface area (Å²) in [6.45, 7) is 4.80. The van der Waals surface area contributed by atoms with E-state index in [0.29, 0.717) is 30.8 Å². The minimum atomic E-state index is -0.892. The second-order valence-electron chi connectivity index (χ2n) is 9.23. The van der Waals surface area contributed by atoms with Gasteiger partial charge in [0.05, 0.1) is 12.8 Å². The third kappa shape index (κ3) is 4.59. The summed E-state index contributed by atoms with van der Waals surface area (Å²) in [5.74, 6) is -0.287. The number of carbonyl (C=O) groups is 2. The van der Waals surface area contributed by atoms with Gasteiger partial charge in [-0.3, -0.25) is 14.5 Å². The minimum absolute atomic E-state index is 0.0628. The Hall–Kier alpha value is -3.69. The second-order valence-corrected chi connectivity index (χ2v) is 10.3. The van der Waals surface area contributed by atoms with Gasteiger partial charge in [0.2, 0.25) is 5.91 Å². The van der Waals surface area contributed by atoms with Crippen molar-refractivity contribution in [3.63, 3.8) is 0 Å². The normalized spacial score (nSPS) is 14.6. The number of aromatic amines is 1. The van der Waals surface area contributed by atoms with Crippen LogP contribution in [0.1, 0.15) is 36.0 Å². The second kappa shape index (κ2) is 9.75. The lowest BCUT2D eigenvalue weighted by molar-refractivity contribution is -0.144. The summed E-state index contributed by atoms with van der Waals surface area (Å²) in [5.41, 5.74) is 4.24. The lowest BCUT2D eigenvalue weighted by Crippen LogP contribution is -2.37. The monoisotopic (exact) mass is 504 g/mol. The number of hydrogen-bond donors (Lipinski definition) is 3. The predicted octanol–water partition coefficient (Wildman–Crippen LogP) is 5.08. The van der Waals surface area contributed by atoms with Gasteiger partial charge in [-0.2, -0.15) is 0 Å². The Morgan fingerprint density at radius 1 is 1.19 bits per heavy atom. The molecule has 1 amide bonds. The number of aromatic nitrogens is 2. The summed E-state index contributed by atoms with van der Waals surface area (Å²) < 4.78 is 5.25. The molecule has 4 aromatic rings. The van der Waals surface area contributed by atoms with Crippen LogP contribution in [0.15, 0.2) is 48.7 Å². The van der Waals surface area contributed by atoms with Crippen molar-refractivity contribution in [3.05, 3.63) is 64.8 Å². The number of carboxylic acid groups (broad SMARTS) is 1. The summed E-state index contributed by atoms with van der Waals surface area (Å²) in [6, 6.07) is 12.5. The van der Waals surface area contributed by atoms with E-state index in [9.17, 15) is 14.7 Å². The maximum absolute atomic E-state index is 12.5. The molecule has 1 aliphatic rings. The van der Waals surface area contributed by atoms with Crippen LogP contribution in [0.3, 0.4) is 0 Å². The topological polar surface area (TPSA) is 108 Å². The molecule has 3 N–H and O–H groups in total. The number of nitrogens with zero attached hydrogens (tertiary/aromatic N) is 2. The Labute approximate surface area is 212 Å². The maximum Gasteiger partial charge on any atom is 0.325 e. The highest BCUT2D eigenvalue weighted by Crippen LogP contribution is 2.37. The molecule has 0 aliphatic carbocycles. The molecular formula is C27H28N4O4S. The number of carbonyl (C=O) groups excluding carboxylic acids is 1. The number of benzene rings is 2. The third-order valence-electron chi connectivity index (χ3n) is 6.50. The molecule has 0 saturated heterocycles. The van der Waals surface area contributed by atoms with Crippen LogP contribution in [0, 0.1) is 5.92 Å². The number of hydrogen-bond acceptors (Lipinski definition) is 6. The van der Waals surface area contributed by atoms with Crippen molar-refractivity contribution in [2.75, 3.05) is 19.0 Å². The van der Waals surface area contributed by atoms with Gasteiger partial charge in [-0.05, 0) is 36.4 Å². The average Bonchev–Trinajstić information content (AvgIpc) is 3.48. The molecule has 8 nitrogen and oxygen atoms in total. The number of thiazole rings is 1. The van der Waals surface area contributed by atoms with E-state index in [2.05, 4.69) is 10.3 Å². The lowest BCUT2D eigenvalue weighted by Gasteiger charge is -2.31. The van der Waals surface area contributed by atoms with Crippen LogP contribution >= 0.6 is 11.3 Å². The van der Waals surface area contributed by atoms with Gasteiger partial charge in [-0.1, -0.05) is 19.9 Å². The van der Waals surface area contributed by atoms with E-state index in [1.54, 1.807) is 24.6 Å². The SMILES string of the molecule is COc1ccc(-c2nc3c(s2)CN([C@@H](C(=O)O)c2c[nH]c4cc(NC(=O)C(C)C)ccc24)CC3)cc1. The van der Waals surface area contributed by atoms with Gasteiger partial charge in [0, 0.05) is 64.2 Å². The molecule has 0 unspecified atom stereocenters. The van der Waals surface area contributed by atoms with Gasteiger partial charge in [0.15, 0.2) is 0 Å². The highest BCUT2D eigenvalue weighted by Gasteiger charge is 2.33. The van der Waals surface area contributed by atoms with Crippen molar-refractivity contribution in [2.24, 2.45) is 5.92 Å². The molecular weight excluding hydrogens is 476 g/mol. The summed E-state index contributed by atoms with van der Waals surface area (Å²) >= 11 is 1.61. The number of rotatable bonds is 7. The summed E-state index contributed by atoms with van der Waals surface area (Å²) in [7, 11) is 1.64. The van der Waals surface area contributed by atoms with E-state index in [1.807, 2.05) is 61.2 Å². The Morgan fingerprint density at radius 2 is 1.97 bits per heavy atom. The van der Waals surface area contributed by atoms with Gasteiger partial charge in [-0.15, -0.1) is 11.3 Å². The number of methoxy groups -OCH3 is 1. The Balaban J connectivity index is 1.40. The van der Waals surface area contributed by atoms with Crippen molar-refractivity contribution >= 4 is 39.8 Å². The Kier molecular flexibility index (Phi) is 6.51. The zero-order valence-corrected chi connectivity index (χ0v) is 21.2. The average molecular weight is 505 g/mol. The number of aliphatic carboxylic acids is 1. The highest BCUT2D eigenvalue weighted by molar-refractivity contribution is 7.15. The first-order chi connectivity index (χ1) is 17.3. The number of amides is 1. The van der Waals surface area contributed by atoms with E-state index >= 15 is 0 Å². The fourth-order valence-corrected chi connectivity index (χ4v) is 5.66. The molecule has 5 rings (SSSR count). The molecule has 1 atom stereocenters. The number of nitrogens with one attached hydrogen (secondary N) is 2. The van der Waals surface area contributed by atoms with Crippen molar-refractivity contribution in [1.29, 1.82) is 0 Å². The number of fused-ring (bicyclic) bond motifs is 2. The van der Waals surface area contributed by atoms with Crippen LogP contribution in [0.4, 0.5) is 5.69 Å². The van der Waals surface area contributed by atoms with Crippen LogP contribution in [0.5, 0.6) is 5.75 Å². The van der Waals surface area contributed by atoms with Gasteiger partial charge in [0.25, 0.3) is 0 Å². The molecule has 2 aromatic heterocycles. The smallest absolute Gasteiger partial charge is 0.325 e. The molecule has 0 fully saturated rings. The molecule has 3 heterocycles. The molecule has 0 spiro atoms. The molecule has 0 saturated carbocycles. The van der Waals surface area contributed by atoms with Crippen LogP contribution in [0.25, 0.3) is 21.5 Å².